The van der Waals surface area contributed by atoms with Crippen molar-refractivity contribution in [2.45, 2.75) is 57.1 Å². The molecule has 1 aromatic carbocycles. The van der Waals surface area contributed by atoms with Crippen LogP contribution in [0, 0.1) is 17.8 Å². The standard InChI is InChI=1S/C23H29NO4/c1-15(28-21(25)8-7-19-5-3-4-6-20(19)27-2)22(26)24-23-12-16-9-17(13-23)11-18(10-16)14-23/h3-8,15-18H,9-14H2,1-2H3,(H,24,26)/b8-7+/t15-,16?,17?,18?,23?/m1/s1. The molecule has 0 aromatic heterocycles. The van der Waals surface area contributed by atoms with Crippen molar-refractivity contribution in [3.63, 3.8) is 0 Å². The summed E-state index contributed by atoms with van der Waals surface area (Å²) >= 11 is 0. The van der Waals surface area contributed by atoms with Gasteiger partial charge in [-0.15, -0.1) is 0 Å². The van der Waals surface area contributed by atoms with E-state index in [0.29, 0.717) is 5.75 Å². The lowest BCUT2D eigenvalue weighted by Gasteiger charge is -2.57. The summed E-state index contributed by atoms with van der Waals surface area (Å²) in [6, 6.07) is 7.42. The highest BCUT2D eigenvalue weighted by molar-refractivity contribution is 5.90. The number of esters is 1. The number of nitrogens with one attached hydrogen (secondary N) is 1. The molecule has 5 heteroatoms. The summed E-state index contributed by atoms with van der Waals surface area (Å²) in [5.74, 6) is 2.24. The van der Waals surface area contributed by atoms with E-state index in [2.05, 4.69) is 5.32 Å². The predicted molar refractivity (Wildman–Crippen MR) is 107 cm³/mol. The molecule has 0 unspecified atom stereocenters. The monoisotopic (exact) mass is 383 g/mol. The SMILES string of the molecule is COc1ccccc1/C=C/C(=O)O[C@H](C)C(=O)NC12CC3CC(CC(C3)C1)C2. The fourth-order valence-corrected chi connectivity index (χ4v) is 5.86. The third-order valence-electron chi connectivity index (χ3n) is 6.63. The average molecular weight is 383 g/mol. The molecule has 4 aliphatic carbocycles. The second-order valence-electron chi connectivity index (χ2n) is 8.84. The molecule has 0 aliphatic heterocycles. The van der Waals surface area contributed by atoms with Gasteiger partial charge in [0, 0.05) is 17.2 Å². The van der Waals surface area contributed by atoms with Crippen molar-refractivity contribution in [2.24, 2.45) is 17.8 Å². The highest BCUT2D eigenvalue weighted by atomic mass is 16.5. The molecule has 4 saturated carbocycles. The normalized spacial score (nSPS) is 31.6. The minimum Gasteiger partial charge on any atom is -0.496 e. The Morgan fingerprint density at radius 2 is 1.71 bits per heavy atom. The Hall–Kier alpha value is -2.30. The molecule has 4 bridgehead atoms. The van der Waals surface area contributed by atoms with E-state index in [1.807, 2.05) is 24.3 Å². The second kappa shape index (κ2) is 7.61. The van der Waals surface area contributed by atoms with Crippen LogP contribution >= 0.6 is 0 Å². The van der Waals surface area contributed by atoms with E-state index in [4.69, 9.17) is 9.47 Å². The Bertz CT molecular complexity index is 749. The van der Waals surface area contributed by atoms with Crippen molar-refractivity contribution in [3.8, 4) is 5.75 Å². The van der Waals surface area contributed by atoms with E-state index in [1.54, 1.807) is 20.1 Å². The first-order valence-electron chi connectivity index (χ1n) is 10.3. The van der Waals surface area contributed by atoms with Crippen LogP contribution in [0.15, 0.2) is 30.3 Å². The molecule has 0 saturated heterocycles. The lowest BCUT2D eigenvalue weighted by Crippen LogP contribution is -2.61. The lowest BCUT2D eigenvalue weighted by molar-refractivity contribution is -0.152. The van der Waals surface area contributed by atoms with E-state index in [0.717, 1.165) is 42.6 Å². The average Bonchev–Trinajstić information content (AvgIpc) is 2.65. The Kier molecular flexibility index (Phi) is 5.17. The highest BCUT2D eigenvalue weighted by Crippen LogP contribution is 2.55. The minimum absolute atomic E-state index is 0.0697. The molecule has 4 aliphatic rings. The fraction of sp³-hybridized carbons (Fsp3) is 0.565. The summed E-state index contributed by atoms with van der Waals surface area (Å²) < 4.78 is 10.6. The predicted octanol–water partition coefficient (Wildman–Crippen LogP) is 3.73. The molecule has 0 spiro atoms. The van der Waals surface area contributed by atoms with Crippen LogP contribution in [0.5, 0.6) is 5.75 Å². The summed E-state index contributed by atoms with van der Waals surface area (Å²) in [6.07, 6.45) is 9.41. The second-order valence-corrected chi connectivity index (χ2v) is 8.84. The number of para-hydroxylation sites is 1. The molecule has 1 amide bonds. The topological polar surface area (TPSA) is 64.6 Å². The van der Waals surface area contributed by atoms with Crippen molar-refractivity contribution in [1.82, 2.24) is 5.32 Å². The van der Waals surface area contributed by atoms with Crippen LogP contribution < -0.4 is 10.1 Å². The van der Waals surface area contributed by atoms with Gasteiger partial charge in [-0.05, 0) is 75.3 Å². The van der Waals surface area contributed by atoms with Crippen LogP contribution in [0.3, 0.4) is 0 Å². The maximum atomic E-state index is 12.7. The molecule has 150 valence electrons. The summed E-state index contributed by atoms with van der Waals surface area (Å²) in [5.41, 5.74) is 0.715. The van der Waals surface area contributed by atoms with Crippen molar-refractivity contribution in [3.05, 3.63) is 35.9 Å². The van der Waals surface area contributed by atoms with Gasteiger partial charge in [-0.25, -0.2) is 4.79 Å². The molecular formula is C23H29NO4. The first-order chi connectivity index (χ1) is 13.5. The minimum atomic E-state index is -0.803. The molecular weight excluding hydrogens is 354 g/mol. The largest absolute Gasteiger partial charge is 0.496 e. The number of methoxy groups -OCH3 is 1. The summed E-state index contributed by atoms with van der Waals surface area (Å²) in [6.45, 7) is 1.64. The molecule has 4 fully saturated rings. The van der Waals surface area contributed by atoms with Crippen molar-refractivity contribution < 1.29 is 19.1 Å². The first-order valence-corrected chi connectivity index (χ1v) is 10.3. The maximum absolute atomic E-state index is 12.7. The van der Waals surface area contributed by atoms with Crippen LogP contribution in [-0.4, -0.2) is 30.6 Å². The third kappa shape index (κ3) is 3.94. The van der Waals surface area contributed by atoms with Gasteiger partial charge >= 0.3 is 5.97 Å². The maximum Gasteiger partial charge on any atom is 0.331 e. The van der Waals surface area contributed by atoms with Gasteiger partial charge in [0.05, 0.1) is 7.11 Å². The number of rotatable bonds is 6. The Morgan fingerprint density at radius 1 is 1.11 bits per heavy atom. The zero-order valence-electron chi connectivity index (χ0n) is 16.6. The summed E-state index contributed by atoms with van der Waals surface area (Å²) in [4.78, 5) is 24.9. The Labute approximate surface area is 166 Å². The van der Waals surface area contributed by atoms with Gasteiger partial charge in [0.2, 0.25) is 0 Å². The van der Waals surface area contributed by atoms with Crippen LogP contribution in [-0.2, 0) is 14.3 Å². The molecule has 1 atom stereocenters. The smallest absolute Gasteiger partial charge is 0.331 e. The molecule has 5 nitrogen and oxygen atoms in total. The molecule has 1 N–H and O–H groups in total. The number of hydrogen-bond donors (Lipinski definition) is 1. The van der Waals surface area contributed by atoms with Gasteiger partial charge in [-0.1, -0.05) is 18.2 Å². The number of amides is 1. The van der Waals surface area contributed by atoms with E-state index >= 15 is 0 Å². The van der Waals surface area contributed by atoms with Gasteiger partial charge in [0.25, 0.3) is 5.91 Å². The fourth-order valence-electron chi connectivity index (χ4n) is 5.86. The van der Waals surface area contributed by atoms with Gasteiger partial charge < -0.3 is 14.8 Å². The van der Waals surface area contributed by atoms with E-state index in [9.17, 15) is 9.59 Å². The summed E-state index contributed by atoms with van der Waals surface area (Å²) in [7, 11) is 1.59. The van der Waals surface area contributed by atoms with E-state index in [1.165, 1.54) is 25.3 Å². The number of ether oxygens (including phenoxy) is 2. The van der Waals surface area contributed by atoms with Gasteiger partial charge in [0.15, 0.2) is 6.10 Å². The Morgan fingerprint density at radius 3 is 2.32 bits per heavy atom. The molecule has 0 heterocycles. The van der Waals surface area contributed by atoms with Crippen molar-refractivity contribution >= 4 is 18.0 Å². The molecule has 28 heavy (non-hydrogen) atoms. The van der Waals surface area contributed by atoms with E-state index in [-0.39, 0.29) is 11.4 Å². The van der Waals surface area contributed by atoms with Crippen LogP contribution in [0.1, 0.15) is 51.0 Å². The number of hydrogen-bond acceptors (Lipinski definition) is 4. The van der Waals surface area contributed by atoms with Gasteiger partial charge in [-0.2, -0.15) is 0 Å². The first kappa shape index (κ1) is 19.0. The molecule has 5 rings (SSSR count). The Balaban J connectivity index is 1.33. The third-order valence-corrected chi connectivity index (χ3v) is 6.63. The lowest BCUT2D eigenvalue weighted by atomic mass is 9.53. The van der Waals surface area contributed by atoms with E-state index < -0.39 is 12.1 Å². The van der Waals surface area contributed by atoms with Crippen molar-refractivity contribution in [2.75, 3.05) is 7.11 Å². The van der Waals surface area contributed by atoms with Crippen LogP contribution in [0.25, 0.3) is 6.08 Å². The molecule has 0 radical (unpaired) electrons. The number of carbonyl (C=O) groups is 2. The number of benzene rings is 1. The van der Waals surface area contributed by atoms with Crippen LogP contribution in [0.2, 0.25) is 0 Å². The zero-order chi connectivity index (χ0) is 19.7. The summed E-state index contributed by atoms with van der Waals surface area (Å²) in [5, 5.41) is 3.26. The highest BCUT2D eigenvalue weighted by Gasteiger charge is 2.51. The molecule has 1 aromatic rings. The van der Waals surface area contributed by atoms with Gasteiger partial charge in [0.1, 0.15) is 5.75 Å². The van der Waals surface area contributed by atoms with Crippen LogP contribution in [0.4, 0.5) is 0 Å². The zero-order valence-corrected chi connectivity index (χ0v) is 16.6. The number of carbonyl (C=O) groups excluding carboxylic acids is 2. The van der Waals surface area contributed by atoms with Gasteiger partial charge in [-0.3, -0.25) is 4.79 Å². The quantitative estimate of drug-likeness (QED) is 0.601. The van der Waals surface area contributed by atoms with Crippen molar-refractivity contribution in [1.29, 1.82) is 0 Å².